The second-order valence-corrected chi connectivity index (χ2v) is 5.41. The van der Waals surface area contributed by atoms with Gasteiger partial charge < -0.3 is 10.3 Å². The van der Waals surface area contributed by atoms with E-state index in [1.807, 2.05) is 13.1 Å². The fourth-order valence-electron chi connectivity index (χ4n) is 2.55. The molecular weight excluding hydrogens is 308 g/mol. The Labute approximate surface area is 136 Å². The van der Waals surface area contributed by atoms with Crippen molar-refractivity contribution in [3.05, 3.63) is 47.1 Å². The molecule has 0 amide bonds. The van der Waals surface area contributed by atoms with Gasteiger partial charge in [-0.2, -0.15) is 9.61 Å². The highest BCUT2D eigenvalue weighted by molar-refractivity contribution is 5.78. The van der Waals surface area contributed by atoms with Crippen molar-refractivity contribution in [1.29, 1.82) is 0 Å². The Kier molecular flexibility index (Phi) is 2.95. The fourth-order valence-corrected chi connectivity index (χ4v) is 2.55. The van der Waals surface area contributed by atoms with Crippen molar-refractivity contribution in [1.82, 2.24) is 33.9 Å². The number of hydrogen-bond acceptors (Lipinski definition) is 6. The summed E-state index contributed by atoms with van der Waals surface area (Å²) in [7, 11) is 3.51. The Balaban J connectivity index is 1.98. The van der Waals surface area contributed by atoms with Gasteiger partial charge in [-0.25, -0.2) is 9.97 Å². The highest BCUT2D eigenvalue weighted by Gasteiger charge is 2.16. The first-order chi connectivity index (χ1) is 11.5. The van der Waals surface area contributed by atoms with E-state index in [1.165, 1.54) is 15.1 Å². The van der Waals surface area contributed by atoms with Crippen molar-refractivity contribution >= 4 is 11.6 Å². The van der Waals surface area contributed by atoms with Crippen LogP contribution in [0.15, 0.2) is 41.6 Å². The lowest BCUT2D eigenvalue weighted by atomic mass is 10.1. The van der Waals surface area contributed by atoms with Crippen molar-refractivity contribution in [3.63, 3.8) is 0 Å². The maximum atomic E-state index is 11.6. The van der Waals surface area contributed by atoms with E-state index >= 15 is 0 Å². The van der Waals surface area contributed by atoms with Gasteiger partial charge in [0.15, 0.2) is 5.65 Å². The maximum Gasteiger partial charge on any atom is 0.250 e. The Hall–Kier alpha value is -3.49. The van der Waals surface area contributed by atoms with Crippen LogP contribution in [-0.4, -0.2) is 33.9 Å². The molecule has 0 spiro atoms. The number of fused-ring (bicyclic) bond motifs is 1. The molecule has 0 aliphatic carbocycles. The van der Waals surface area contributed by atoms with Crippen LogP contribution in [0.1, 0.15) is 0 Å². The molecule has 0 aliphatic rings. The third-order valence-corrected chi connectivity index (χ3v) is 3.84. The summed E-state index contributed by atoms with van der Waals surface area (Å²) in [6.07, 6.45) is 5.04. The van der Waals surface area contributed by atoms with Crippen LogP contribution in [0.3, 0.4) is 0 Å². The van der Waals surface area contributed by atoms with Gasteiger partial charge >= 0.3 is 0 Å². The summed E-state index contributed by atoms with van der Waals surface area (Å²) in [5, 5.41) is 8.56. The van der Waals surface area contributed by atoms with Gasteiger partial charge in [-0.3, -0.25) is 9.48 Å². The minimum Gasteiger partial charge on any atom is -0.368 e. The molecular formula is C15H14N8O. The van der Waals surface area contributed by atoms with Crippen molar-refractivity contribution in [2.75, 3.05) is 5.73 Å². The number of nitrogen functional groups attached to an aromatic ring is 1. The van der Waals surface area contributed by atoms with Gasteiger partial charge in [0.1, 0.15) is 5.69 Å². The minimum atomic E-state index is -0.0878. The number of aromatic nitrogens is 7. The standard InChI is InChI=1S/C15H14N8O/c1-21-8-9(3-4-12(21)24)10-7-17-15(16)23-14(10)19-13(20-23)11-5-6-18-22(11)2/h3-8H,1-2H3,(H2,16,17). The molecule has 0 unspecified atom stereocenters. The molecule has 0 bridgehead atoms. The lowest BCUT2D eigenvalue weighted by Crippen LogP contribution is -2.14. The molecule has 9 nitrogen and oxygen atoms in total. The molecule has 4 rings (SSSR count). The smallest absolute Gasteiger partial charge is 0.250 e. The number of aryl methyl sites for hydroxylation is 2. The number of nitrogens with zero attached hydrogens (tertiary/aromatic N) is 7. The molecule has 0 aromatic carbocycles. The molecule has 4 aromatic rings. The Morgan fingerprint density at radius 1 is 1.17 bits per heavy atom. The lowest BCUT2D eigenvalue weighted by Gasteiger charge is -2.05. The van der Waals surface area contributed by atoms with Gasteiger partial charge in [0.2, 0.25) is 17.3 Å². The Morgan fingerprint density at radius 3 is 2.71 bits per heavy atom. The summed E-state index contributed by atoms with van der Waals surface area (Å²) in [6, 6.07) is 5.05. The van der Waals surface area contributed by atoms with E-state index in [-0.39, 0.29) is 11.5 Å². The number of hydrogen-bond donors (Lipinski definition) is 1. The second-order valence-electron chi connectivity index (χ2n) is 5.41. The van der Waals surface area contributed by atoms with E-state index in [2.05, 4.69) is 20.2 Å². The van der Waals surface area contributed by atoms with Gasteiger partial charge in [0.05, 0.1) is 0 Å². The minimum absolute atomic E-state index is 0.0878. The molecule has 4 heterocycles. The summed E-state index contributed by atoms with van der Waals surface area (Å²) < 4.78 is 4.67. The quantitative estimate of drug-likeness (QED) is 0.575. The predicted octanol–water partition coefficient (Wildman–Crippen LogP) is 0.473. The monoisotopic (exact) mass is 322 g/mol. The zero-order valence-electron chi connectivity index (χ0n) is 13.1. The fraction of sp³-hybridized carbons (Fsp3) is 0.133. The van der Waals surface area contributed by atoms with E-state index in [9.17, 15) is 4.79 Å². The highest BCUT2D eigenvalue weighted by Crippen LogP contribution is 2.25. The second kappa shape index (κ2) is 5.01. The molecule has 2 N–H and O–H groups in total. The van der Waals surface area contributed by atoms with E-state index in [4.69, 9.17) is 5.73 Å². The Bertz CT molecular complexity index is 1120. The first-order valence-electron chi connectivity index (χ1n) is 7.21. The summed E-state index contributed by atoms with van der Waals surface area (Å²) in [5.74, 6) is 0.736. The van der Waals surface area contributed by atoms with Gasteiger partial charge in [0.25, 0.3) is 0 Å². The third kappa shape index (κ3) is 2.06. The van der Waals surface area contributed by atoms with Crippen molar-refractivity contribution < 1.29 is 0 Å². The average Bonchev–Trinajstić information content (AvgIpc) is 3.17. The average molecular weight is 322 g/mol. The molecule has 0 saturated carbocycles. The van der Waals surface area contributed by atoms with Crippen LogP contribution in [0, 0.1) is 0 Å². The number of pyridine rings is 1. The van der Waals surface area contributed by atoms with E-state index in [0.29, 0.717) is 11.5 Å². The van der Waals surface area contributed by atoms with Gasteiger partial charge in [-0.15, -0.1) is 5.10 Å². The summed E-state index contributed by atoms with van der Waals surface area (Å²) in [6.45, 7) is 0. The van der Waals surface area contributed by atoms with Crippen molar-refractivity contribution in [2.45, 2.75) is 0 Å². The third-order valence-electron chi connectivity index (χ3n) is 3.84. The van der Waals surface area contributed by atoms with E-state index in [1.54, 1.807) is 36.4 Å². The SMILES string of the molecule is Cn1nccc1-c1nc2c(-c3ccc(=O)n(C)c3)cnc(N)n2n1. The van der Waals surface area contributed by atoms with Crippen molar-refractivity contribution in [3.8, 4) is 22.6 Å². The zero-order chi connectivity index (χ0) is 16.8. The Morgan fingerprint density at radius 2 is 2.00 bits per heavy atom. The molecule has 0 atom stereocenters. The van der Waals surface area contributed by atoms with Crippen molar-refractivity contribution in [2.24, 2.45) is 14.1 Å². The van der Waals surface area contributed by atoms with E-state index < -0.39 is 0 Å². The molecule has 24 heavy (non-hydrogen) atoms. The van der Waals surface area contributed by atoms with Gasteiger partial charge in [-0.1, -0.05) is 0 Å². The van der Waals surface area contributed by atoms with Crippen LogP contribution in [0.2, 0.25) is 0 Å². The molecule has 9 heteroatoms. The molecule has 0 radical (unpaired) electrons. The first-order valence-corrected chi connectivity index (χ1v) is 7.21. The number of anilines is 1. The largest absolute Gasteiger partial charge is 0.368 e. The predicted molar refractivity (Wildman–Crippen MR) is 88.1 cm³/mol. The van der Waals surface area contributed by atoms with Crippen LogP contribution in [0.5, 0.6) is 0 Å². The number of nitrogens with two attached hydrogens (primary N) is 1. The summed E-state index contributed by atoms with van der Waals surface area (Å²) >= 11 is 0. The van der Waals surface area contributed by atoms with Crippen LogP contribution >= 0.6 is 0 Å². The molecule has 0 saturated heterocycles. The summed E-state index contributed by atoms with van der Waals surface area (Å²) in [4.78, 5) is 20.4. The van der Waals surface area contributed by atoms with Crippen LogP contribution in [0.4, 0.5) is 5.95 Å². The van der Waals surface area contributed by atoms with Crippen LogP contribution in [0.25, 0.3) is 28.3 Å². The molecule has 0 fully saturated rings. The van der Waals surface area contributed by atoms with Gasteiger partial charge in [-0.05, 0) is 12.1 Å². The lowest BCUT2D eigenvalue weighted by molar-refractivity contribution is 0.769. The summed E-state index contributed by atoms with van der Waals surface area (Å²) in [5.41, 5.74) is 8.72. The maximum absolute atomic E-state index is 11.6. The number of rotatable bonds is 2. The molecule has 4 aromatic heterocycles. The van der Waals surface area contributed by atoms with Gasteiger partial charge in [0, 0.05) is 49.9 Å². The molecule has 0 aliphatic heterocycles. The van der Waals surface area contributed by atoms with Crippen LogP contribution < -0.4 is 11.3 Å². The van der Waals surface area contributed by atoms with E-state index in [0.717, 1.165) is 16.8 Å². The zero-order valence-corrected chi connectivity index (χ0v) is 13.1. The highest BCUT2D eigenvalue weighted by atomic mass is 16.1. The first kappa shape index (κ1) is 14.1. The normalized spacial score (nSPS) is 11.2. The topological polar surface area (TPSA) is 109 Å². The molecule has 120 valence electrons. The van der Waals surface area contributed by atoms with Crippen LogP contribution in [-0.2, 0) is 14.1 Å².